The van der Waals surface area contributed by atoms with Crippen molar-refractivity contribution in [3.05, 3.63) is 125 Å². The number of nitrogens with one attached hydrogen (secondary N) is 1. The number of anilines is 1. The Morgan fingerprint density at radius 1 is 0.875 bits per heavy atom. The number of carbonyl (C=O) groups is 1. The van der Waals surface area contributed by atoms with Gasteiger partial charge >= 0.3 is 0 Å². The Morgan fingerprint density at radius 3 is 2.30 bits per heavy atom. The van der Waals surface area contributed by atoms with E-state index in [1.54, 1.807) is 11.8 Å². The molecule has 0 spiro atoms. The molecule has 3 aromatic carbocycles. The van der Waals surface area contributed by atoms with Crippen LogP contribution in [0.2, 0.25) is 0 Å². The maximum absolute atomic E-state index is 12.5. The van der Waals surface area contributed by atoms with Crippen molar-refractivity contribution in [3.8, 4) is 0 Å². The summed E-state index contributed by atoms with van der Waals surface area (Å²) in [6.07, 6.45) is 4.44. The third-order valence-corrected chi connectivity index (χ3v) is 7.79. The van der Waals surface area contributed by atoms with Gasteiger partial charge in [0.25, 0.3) is 5.91 Å². The van der Waals surface area contributed by atoms with Crippen molar-refractivity contribution in [3.63, 3.8) is 0 Å². The maximum Gasteiger partial charge on any atom is 0.251 e. The summed E-state index contributed by atoms with van der Waals surface area (Å²) in [4.78, 5) is 26.9. The van der Waals surface area contributed by atoms with Crippen LogP contribution in [0.3, 0.4) is 0 Å². The molecule has 40 heavy (non-hydrogen) atoms. The largest absolute Gasteiger partial charge is 0.354 e. The molecule has 0 saturated carbocycles. The van der Waals surface area contributed by atoms with Crippen LogP contribution in [0.15, 0.2) is 102 Å². The highest BCUT2D eigenvalue weighted by molar-refractivity contribution is 7.98. The van der Waals surface area contributed by atoms with E-state index in [2.05, 4.69) is 62.6 Å². The second kappa shape index (κ2) is 13.9. The number of hydrogen-bond acceptors (Lipinski definition) is 6. The zero-order valence-electron chi connectivity index (χ0n) is 22.9. The molecular weight excluding hydrogens is 514 g/mol. The summed E-state index contributed by atoms with van der Waals surface area (Å²) in [6.45, 7) is 7.43. The SMILES string of the molecule is Cc1cc(N2CCN(C/C=C/c3ccccc3)CC2)nc(SCc2ccc(C(=O)NCc3ccccc3)cc2)n1. The number of carbonyl (C=O) groups excluding carboxylic acids is 1. The van der Waals surface area contributed by atoms with Crippen LogP contribution in [-0.2, 0) is 12.3 Å². The van der Waals surface area contributed by atoms with E-state index in [-0.39, 0.29) is 5.91 Å². The minimum Gasteiger partial charge on any atom is -0.354 e. The fraction of sp³-hybridized carbons (Fsp3) is 0.242. The van der Waals surface area contributed by atoms with Gasteiger partial charge in [-0.1, -0.05) is 96.7 Å². The van der Waals surface area contributed by atoms with E-state index in [0.29, 0.717) is 12.1 Å². The highest BCUT2D eigenvalue weighted by Crippen LogP contribution is 2.24. The highest BCUT2D eigenvalue weighted by Gasteiger charge is 2.18. The molecule has 7 heteroatoms. The predicted molar refractivity (Wildman–Crippen MR) is 165 cm³/mol. The number of nitrogens with zero attached hydrogens (tertiary/aromatic N) is 4. The standard InChI is InChI=1S/C33H35N5OS/c1-26-23-31(38-21-19-37(20-22-38)18-8-13-27-9-4-2-5-10-27)36-33(35-26)40-25-29-14-16-30(17-15-29)32(39)34-24-28-11-6-3-7-12-28/h2-17,23H,18-22,24-25H2,1H3,(H,34,39)/b13-8+. The smallest absolute Gasteiger partial charge is 0.251 e. The van der Waals surface area contributed by atoms with E-state index in [1.807, 2.05) is 67.6 Å². The van der Waals surface area contributed by atoms with Gasteiger partial charge in [-0.25, -0.2) is 9.97 Å². The van der Waals surface area contributed by atoms with Gasteiger partial charge in [0.05, 0.1) is 0 Å². The van der Waals surface area contributed by atoms with E-state index < -0.39 is 0 Å². The second-order valence-electron chi connectivity index (χ2n) is 9.90. The molecule has 0 bridgehead atoms. The van der Waals surface area contributed by atoms with Crippen molar-refractivity contribution in [2.75, 3.05) is 37.6 Å². The first-order chi connectivity index (χ1) is 19.6. The quantitative estimate of drug-likeness (QED) is 0.198. The maximum atomic E-state index is 12.5. The Balaban J connectivity index is 1.10. The Bertz CT molecular complexity index is 1400. The number of hydrogen-bond donors (Lipinski definition) is 1. The van der Waals surface area contributed by atoms with Gasteiger partial charge < -0.3 is 10.2 Å². The summed E-state index contributed by atoms with van der Waals surface area (Å²) in [5.74, 6) is 1.68. The summed E-state index contributed by atoms with van der Waals surface area (Å²) < 4.78 is 0. The lowest BCUT2D eigenvalue weighted by atomic mass is 10.1. The summed E-state index contributed by atoms with van der Waals surface area (Å²) in [5.41, 5.74) is 5.09. The summed E-state index contributed by atoms with van der Waals surface area (Å²) in [5, 5.41) is 3.77. The van der Waals surface area contributed by atoms with Gasteiger partial charge in [-0.3, -0.25) is 9.69 Å². The molecule has 1 fully saturated rings. The lowest BCUT2D eigenvalue weighted by Gasteiger charge is -2.35. The third-order valence-electron chi connectivity index (χ3n) is 6.87. The molecule has 1 aliphatic rings. The zero-order chi connectivity index (χ0) is 27.6. The monoisotopic (exact) mass is 549 g/mol. The van der Waals surface area contributed by atoms with Gasteiger partial charge in [0.15, 0.2) is 5.16 Å². The van der Waals surface area contributed by atoms with Gasteiger partial charge in [-0.05, 0) is 35.7 Å². The first kappa shape index (κ1) is 27.6. The van der Waals surface area contributed by atoms with Gasteiger partial charge in [-0.2, -0.15) is 0 Å². The van der Waals surface area contributed by atoms with Crippen LogP contribution in [0, 0.1) is 6.92 Å². The van der Waals surface area contributed by atoms with Crippen molar-refractivity contribution in [2.45, 2.75) is 24.4 Å². The molecule has 0 unspecified atom stereocenters. The van der Waals surface area contributed by atoms with Crippen molar-refractivity contribution in [1.29, 1.82) is 0 Å². The number of aromatic nitrogens is 2. The number of benzene rings is 3. The van der Waals surface area contributed by atoms with Crippen LogP contribution in [0.4, 0.5) is 5.82 Å². The fourth-order valence-electron chi connectivity index (χ4n) is 4.59. The van der Waals surface area contributed by atoms with Crippen LogP contribution < -0.4 is 10.2 Å². The van der Waals surface area contributed by atoms with Gasteiger partial charge in [0.2, 0.25) is 0 Å². The summed E-state index contributed by atoms with van der Waals surface area (Å²) in [7, 11) is 0. The van der Waals surface area contributed by atoms with Crippen molar-refractivity contribution < 1.29 is 4.79 Å². The van der Waals surface area contributed by atoms with Crippen LogP contribution >= 0.6 is 11.8 Å². The molecule has 1 saturated heterocycles. The van der Waals surface area contributed by atoms with Gasteiger partial charge in [0, 0.05) is 62.3 Å². The minimum absolute atomic E-state index is 0.0676. The molecule has 204 valence electrons. The molecule has 4 aromatic rings. The molecule has 0 atom stereocenters. The Morgan fingerprint density at radius 2 is 1.57 bits per heavy atom. The van der Waals surface area contributed by atoms with Gasteiger partial charge in [0.1, 0.15) is 5.82 Å². The molecule has 5 rings (SSSR count). The second-order valence-corrected chi connectivity index (χ2v) is 10.8. The predicted octanol–water partition coefficient (Wildman–Crippen LogP) is 5.84. The number of piperazine rings is 1. The molecule has 1 aliphatic heterocycles. The molecule has 0 aliphatic carbocycles. The first-order valence-corrected chi connectivity index (χ1v) is 14.7. The van der Waals surface area contributed by atoms with E-state index >= 15 is 0 Å². The van der Waals surface area contributed by atoms with E-state index in [9.17, 15) is 4.79 Å². The number of rotatable bonds is 10. The first-order valence-electron chi connectivity index (χ1n) is 13.7. The molecule has 1 aromatic heterocycles. The van der Waals surface area contributed by atoms with Crippen LogP contribution in [0.25, 0.3) is 6.08 Å². The molecule has 1 N–H and O–H groups in total. The average molecular weight is 550 g/mol. The van der Waals surface area contributed by atoms with Crippen molar-refractivity contribution >= 4 is 29.6 Å². The summed E-state index contributed by atoms with van der Waals surface area (Å²) in [6, 6.07) is 30.2. The average Bonchev–Trinajstić information content (AvgIpc) is 3.00. The number of thioether (sulfide) groups is 1. The lowest BCUT2D eigenvalue weighted by Crippen LogP contribution is -2.46. The van der Waals surface area contributed by atoms with Crippen LogP contribution in [0.1, 0.15) is 32.7 Å². The van der Waals surface area contributed by atoms with E-state index in [1.165, 1.54) is 5.56 Å². The van der Waals surface area contributed by atoms with Crippen molar-refractivity contribution in [2.24, 2.45) is 0 Å². The molecule has 6 nitrogen and oxygen atoms in total. The lowest BCUT2D eigenvalue weighted by molar-refractivity contribution is 0.0951. The van der Waals surface area contributed by atoms with E-state index in [0.717, 1.165) is 66.3 Å². The molecular formula is C33H35N5OS. The minimum atomic E-state index is -0.0676. The molecule has 0 radical (unpaired) electrons. The summed E-state index contributed by atoms with van der Waals surface area (Å²) >= 11 is 1.63. The topological polar surface area (TPSA) is 61.4 Å². The Labute approximate surface area is 241 Å². The van der Waals surface area contributed by atoms with E-state index in [4.69, 9.17) is 4.98 Å². The highest BCUT2D eigenvalue weighted by atomic mass is 32.2. The van der Waals surface area contributed by atoms with Crippen LogP contribution in [0.5, 0.6) is 0 Å². The normalized spacial score (nSPS) is 14.0. The zero-order valence-corrected chi connectivity index (χ0v) is 23.7. The van der Waals surface area contributed by atoms with Crippen molar-refractivity contribution in [1.82, 2.24) is 20.2 Å². The Hall–Kier alpha value is -3.94. The Kier molecular flexibility index (Phi) is 9.61. The number of amides is 1. The number of aryl methyl sites for hydroxylation is 1. The van der Waals surface area contributed by atoms with Crippen LogP contribution in [-0.4, -0.2) is 53.5 Å². The molecule has 2 heterocycles. The third kappa shape index (κ3) is 8.04. The van der Waals surface area contributed by atoms with Gasteiger partial charge in [-0.15, -0.1) is 0 Å². The fourth-order valence-corrected chi connectivity index (χ4v) is 5.45. The molecule has 1 amide bonds.